The number of pyridine rings is 1. The Labute approximate surface area is 158 Å². The summed E-state index contributed by atoms with van der Waals surface area (Å²) in [5, 5.41) is 4.12. The number of carbonyl (C=O) groups excluding carboxylic acids is 2. The first-order chi connectivity index (χ1) is 12.9. The van der Waals surface area contributed by atoms with Crippen LogP contribution < -0.4 is 0 Å². The van der Waals surface area contributed by atoms with Crippen molar-refractivity contribution in [2.24, 2.45) is 5.41 Å². The molecule has 28 heavy (non-hydrogen) atoms. The predicted octanol–water partition coefficient (Wildman–Crippen LogP) is 4.76. The van der Waals surface area contributed by atoms with Crippen LogP contribution in [0.1, 0.15) is 44.0 Å². The van der Waals surface area contributed by atoms with E-state index in [1.54, 1.807) is 17.8 Å². The molecule has 0 radical (unpaired) electrons. The summed E-state index contributed by atoms with van der Waals surface area (Å²) in [6, 6.07) is 1.07. The highest BCUT2D eigenvalue weighted by Gasteiger charge is 2.47. The molecule has 154 valence electrons. The molecule has 0 aromatic carbocycles. The molecule has 0 saturated heterocycles. The van der Waals surface area contributed by atoms with Crippen molar-refractivity contribution in [3.05, 3.63) is 35.3 Å². The number of hydrogen-bond donors (Lipinski definition) is 0. The van der Waals surface area contributed by atoms with Gasteiger partial charge in [0.15, 0.2) is 0 Å². The van der Waals surface area contributed by atoms with Crippen LogP contribution in [-0.2, 0) is 22.6 Å². The summed E-state index contributed by atoms with van der Waals surface area (Å²) in [5.74, 6) is 0. The van der Waals surface area contributed by atoms with Crippen molar-refractivity contribution in [1.29, 1.82) is 0 Å². The van der Waals surface area contributed by atoms with Crippen LogP contribution in [0.25, 0.3) is 11.3 Å². The van der Waals surface area contributed by atoms with Crippen LogP contribution in [0.5, 0.6) is 0 Å². The molecule has 0 amide bonds. The van der Waals surface area contributed by atoms with Crippen molar-refractivity contribution in [3.8, 4) is 11.3 Å². The average Bonchev–Trinajstić information content (AvgIpc) is 2.94. The van der Waals surface area contributed by atoms with Crippen molar-refractivity contribution >= 4 is 6.15 Å². The fraction of sp³-hybridized carbons (Fsp3) is 0.500. The van der Waals surface area contributed by atoms with E-state index in [0.717, 1.165) is 19.9 Å². The lowest BCUT2D eigenvalue weighted by Gasteiger charge is -2.27. The summed E-state index contributed by atoms with van der Waals surface area (Å²) in [6.07, 6.45) is -4.71. The highest BCUT2D eigenvalue weighted by Crippen LogP contribution is 2.41. The second-order valence-electron chi connectivity index (χ2n) is 6.70. The monoisotopic (exact) mass is 405 g/mol. The quantitative estimate of drug-likeness (QED) is 0.673. The molecule has 2 aromatic heterocycles. The van der Waals surface area contributed by atoms with Crippen LogP contribution in [0.15, 0.2) is 18.5 Å². The zero-order chi connectivity index (χ0) is 21.7. The van der Waals surface area contributed by atoms with E-state index in [2.05, 4.69) is 10.1 Å². The van der Waals surface area contributed by atoms with Crippen LogP contribution in [0.4, 0.5) is 22.0 Å². The van der Waals surface area contributed by atoms with Crippen LogP contribution in [0.3, 0.4) is 0 Å². The molecule has 0 unspecified atom stereocenters. The number of hydrogen-bond acceptors (Lipinski definition) is 4. The molecule has 0 aliphatic heterocycles. The molecule has 5 nitrogen and oxygen atoms in total. The fourth-order valence-electron chi connectivity index (χ4n) is 2.61. The van der Waals surface area contributed by atoms with Crippen molar-refractivity contribution < 1.29 is 31.5 Å². The Morgan fingerprint density at radius 2 is 1.75 bits per heavy atom. The van der Waals surface area contributed by atoms with Gasteiger partial charge in [-0.05, 0) is 25.5 Å². The normalized spacial score (nSPS) is 11.8. The molecule has 0 aliphatic carbocycles. The Hall–Kier alpha value is -2.61. The van der Waals surface area contributed by atoms with Gasteiger partial charge in [-0.2, -0.15) is 27.9 Å². The SMILES string of the molecule is CCn1ncc(C)c1-c1cnc(CC(C)(C)C(F)(F)F)cc1C(F)F.O=C=O. The Balaban J connectivity index is 0.00000122. The van der Waals surface area contributed by atoms with Crippen LogP contribution in [-0.4, -0.2) is 27.1 Å². The maximum Gasteiger partial charge on any atom is 0.394 e. The van der Waals surface area contributed by atoms with E-state index in [1.807, 2.05) is 6.92 Å². The number of nitrogens with zero attached hydrogens (tertiary/aromatic N) is 3. The van der Waals surface area contributed by atoms with E-state index in [0.29, 0.717) is 17.8 Å². The van der Waals surface area contributed by atoms with Crippen molar-refractivity contribution in [3.63, 3.8) is 0 Å². The molecule has 0 bridgehead atoms. The van der Waals surface area contributed by atoms with Gasteiger partial charge < -0.3 is 0 Å². The molecule has 0 N–H and O–H groups in total. The van der Waals surface area contributed by atoms with E-state index in [1.165, 1.54) is 6.20 Å². The van der Waals surface area contributed by atoms with Gasteiger partial charge in [0.05, 0.1) is 17.3 Å². The molecule has 2 aromatic rings. The lowest BCUT2D eigenvalue weighted by Crippen LogP contribution is -2.34. The largest absolute Gasteiger partial charge is 0.394 e. The standard InChI is InChI=1S/C17H20F5N3.CO2/c1-5-25-14(10(2)8-24-25)13-9-23-11(6-12(13)15(18)19)7-16(3,4)17(20,21)22;2-1-3/h6,8-9,15H,5,7H2,1-4H3;. The summed E-state index contributed by atoms with van der Waals surface area (Å²) in [5.41, 5.74) is -0.994. The number of alkyl halides is 5. The first-order valence-corrected chi connectivity index (χ1v) is 8.25. The minimum atomic E-state index is -4.45. The molecule has 2 rings (SSSR count). The zero-order valence-corrected chi connectivity index (χ0v) is 15.8. The molecule has 2 heterocycles. The van der Waals surface area contributed by atoms with Gasteiger partial charge in [0.1, 0.15) is 0 Å². The second kappa shape index (κ2) is 9.05. The van der Waals surface area contributed by atoms with E-state index < -0.39 is 24.4 Å². The first kappa shape index (κ1) is 23.4. The lowest BCUT2D eigenvalue weighted by molar-refractivity contribution is -0.211. The zero-order valence-electron chi connectivity index (χ0n) is 15.8. The van der Waals surface area contributed by atoms with E-state index in [-0.39, 0.29) is 23.0 Å². The van der Waals surface area contributed by atoms with E-state index in [4.69, 9.17) is 9.59 Å². The lowest BCUT2D eigenvalue weighted by atomic mass is 9.86. The third-order valence-corrected chi connectivity index (χ3v) is 4.20. The minimum Gasteiger partial charge on any atom is -0.265 e. The molecule has 0 saturated carbocycles. The Bertz CT molecular complexity index is 838. The Morgan fingerprint density at radius 1 is 1.18 bits per heavy atom. The summed E-state index contributed by atoms with van der Waals surface area (Å²) >= 11 is 0. The molecule has 10 heteroatoms. The van der Waals surface area contributed by atoms with Gasteiger partial charge in [-0.1, -0.05) is 13.8 Å². The van der Waals surface area contributed by atoms with Crippen molar-refractivity contribution in [2.75, 3.05) is 0 Å². The number of aromatic nitrogens is 3. The summed E-state index contributed by atoms with van der Waals surface area (Å²) in [6.45, 7) is 6.10. The van der Waals surface area contributed by atoms with Crippen LogP contribution in [0.2, 0.25) is 0 Å². The summed E-state index contributed by atoms with van der Waals surface area (Å²) < 4.78 is 67.8. The van der Waals surface area contributed by atoms with Gasteiger partial charge in [0, 0.05) is 36.0 Å². The number of rotatable bonds is 5. The molecular formula is C18H20F5N3O2. The van der Waals surface area contributed by atoms with Crippen LogP contribution in [0, 0.1) is 12.3 Å². The summed E-state index contributed by atoms with van der Waals surface area (Å²) in [4.78, 5) is 20.3. The average molecular weight is 405 g/mol. The molecule has 0 atom stereocenters. The molecule has 0 spiro atoms. The topological polar surface area (TPSA) is 64.8 Å². The summed E-state index contributed by atoms with van der Waals surface area (Å²) in [7, 11) is 0. The molecule has 0 aliphatic rings. The highest BCUT2D eigenvalue weighted by molar-refractivity contribution is 5.66. The van der Waals surface area contributed by atoms with Crippen molar-refractivity contribution in [2.45, 2.75) is 53.3 Å². The number of halogens is 5. The van der Waals surface area contributed by atoms with Gasteiger partial charge in [-0.3, -0.25) is 9.67 Å². The smallest absolute Gasteiger partial charge is 0.265 e. The van der Waals surface area contributed by atoms with Gasteiger partial charge in [0.2, 0.25) is 0 Å². The number of aryl methyl sites for hydroxylation is 2. The van der Waals surface area contributed by atoms with Gasteiger partial charge >= 0.3 is 12.3 Å². The highest BCUT2D eigenvalue weighted by atomic mass is 19.4. The fourth-order valence-corrected chi connectivity index (χ4v) is 2.61. The predicted molar refractivity (Wildman–Crippen MR) is 89.4 cm³/mol. The maximum absolute atomic E-state index is 13.6. The van der Waals surface area contributed by atoms with Crippen molar-refractivity contribution in [1.82, 2.24) is 14.8 Å². The van der Waals surface area contributed by atoms with Gasteiger partial charge in [0.25, 0.3) is 6.43 Å². The van der Waals surface area contributed by atoms with Crippen LogP contribution >= 0.6 is 0 Å². The minimum absolute atomic E-state index is 0.0124. The third kappa shape index (κ3) is 5.22. The maximum atomic E-state index is 13.6. The Kier molecular flexibility index (Phi) is 7.58. The van der Waals surface area contributed by atoms with E-state index >= 15 is 0 Å². The van der Waals surface area contributed by atoms with Gasteiger partial charge in [-0.15, -0.1) is 0 Å². The molecule has 0 fully saturated rings. The first-order valence-electron chi connectivity index (χ1n) is 8.25. The van der Waals surface area contributed by atoms with Gasteiger partial charge in [-0.25, -0.2) is 8.78 Å². The molecular weight excluding hydrogens is 385 g/mol. The third-order valence-electron chi connectivity index (χ3n) is 4.20. The second-order valence-corrected chi connectivity index (χ2v) is 6.70. The Morgan fingerprint density at radius 3 is 2.21 bits per heavy atom. The van der Waals surface area contributed by atoms with E-state index in [9.17, 15) is 22.0 Å².